The van der Waals surface area contributed by atoms with Gasteiger partial charge in [0.2, 0.25) is 11.4 Å². The van der Waals surface area contributed by atoms with Gasteiger partial charge in [-0.15, -0.1) is 0 Å². The summed E-state index contributed by atoms with van der Waals surface area (Å²) in [7, 11) is 2.54. The van der Waals surface area contributed by atoms with Gasteiger partial charge in [0.15, 0.2) is 0 Å². The molecule has 0 aromatic rings. The zero-order valence-corrected chi connectivity index (χ0v) is 12.0. The van der Waals surface area contributed by atoms with E-state index in [9.17, 15) is 27.6 Å². The summed E-state index contributed by atoms with van der Waals surface area (Å²) in [6, 6.07) is -1.24. The number of halogens is 3. The molecule has 0 saturated carbocycles. The van der Waals surface area contributed by atoms with E-state index in [2.05, 4.69) is 5.32 Å². The quantitative estimate of drug-likeness (QED) is 0.685. The molecule has 2 unspecified atom stereocenters. The van der Waals surface area contributed by atoms with Crippen molar-refractivity contribution in [1.29, 1.82) is 0 Å². The standard InChI is InChI=1S/C11H18F3N3O4/c1-6(7(18)15-3)5-17(4)9(21)16-10(2,8(19)20)11(12,13)14/h6H,5H2,1-4H3,(H,15,18)(H,16,21)(H,19,20). The number of hydrogen-bond donors (Lipinski definition) is 3. The SMILES string of the molecule is CNC(=O)C(C)CN(C)C(=O)NC(C)(C(=O)O)C(F)(F)F. The van der Waals surface area contributed by atoms with Crippen molar-refractivity contribution in [3.05, 3.63) is 0 Å². The number of carbonyl (C=O) groups excluding carboxylic acids is 2. The first-order valence-corrected chi connectivity index (χ1v) is 5.91. The topological polar surface area (TPSA) is 98.7 Å². The van der Waals surface area contributed by atoms with Gasteiger partial charge >= 0.3 is 18.2 Å². The molecule has 2 atom stereocenters. The van der Waals surface area contributed by atoms with Crippen LogP contribution in [0, 0.1) is 5.92 Å². The molecule has 0 rings (SSSR count). The third-order valence-corrected chi connectivity index (χ3v) is 2.94. The maximum Gasteiger partial charge on any atom is 0.422 e. The Labute approximate surface area is 119 Å². The van der Waals surface area contributed by atoms with Gasteiger partial charge in [0.1, 0.15) is 0 Å². The number of urea groups is 1. The van der Waals surface area contributed by atoms with Crippen molar-refractivity contribution in [2.24, 2.45) is 5.92 Å². The number of carboxylic acid groups (broad SMARTS) is 1. The van der Waals surface area contributed by atoms with E-state index in [1.807, 2.05) is 0 Å². The second-order valence-electron chi connectivity index (χ2n) is 4.75. The van der Waals surface area contributed by atoms with E-state index in [1.165, 1.54) is 19.3 Å². The van der Waals surface area contributed by atoms with Crippen molar-refractivity contribution in [1.82, 2.24) is 15.5 Å². The molecular weight excluding hydrogens is 295 g/mol. The summed E-state index contributed by atoms with van der Waals surface area (Å²) in [5.74, 6) is -3.28. The fourth-order valence-electron chi connectivity index (χ4n) is 1.38. The minimum absolute atomic E-state index is 0.168. The molecule has 0 radical (unpaired) electrons. The maximum absolute atomic E-state index is 12.7. The molecule has 21 heavy (non-hydrogen) atoms. The molecule has 0 aliphatic carbocycles. The van der Waals surface area contributed by atoms with Crippen molar-refractivity contribution < 1.29 is 32.7 Å². The van der Waals surface area contributed by atoms with Crippen LogP contribution >= 0.6 is 0 Å². The van der Waals surface area contributed by atoms with Crippen LogP contribution in [0.2, 0.25) is 0 Å². The summed E-state index contributed by atoms with van der Waals surface area (Å²) in [5, 5.41) is 12.4. The van der Waals surface area contributed by atoms with Gasteiger partial charge in [-0.3, -0.25) is 4.79 Å². The Morgan fingerprint density at radius 2 is 1.76 bits per heavy atom. The van der Waals surface area contributed by atoms with Gasteiger partial charge in [-0.1, -0.05) is 6.92 Å². The number of rotatable bonds is 5. The van der Waals surface area contributed by atoms with Gasteiger partial charge in [0, 0.05) is 20.6 Å². The number of amides is 3. The third kappa shape index (κ3) is 4.50. The van der Waals surface area contributed by atoms with Gasteiger partial charge in [-0.25, -0.2) is 9.59 Å². The van der Waals surface area contributed by atoms with E-state index in [1.54, 1.807) is 0 Å². The molecule has 0 aliphatic heterocycles. The molecule has 0 spiro atoms. The summed E-state index contributed by atoms with van der Waals surface area (Å²) in [6.45, 7) is 1.66. The van der Waals surface area contributed by atoms with Crippen LogP contribution in [0.25, 0.3) is 0 Å². The van der Waals surface area contributed by atoms with Crippen molar-refractivity contribution >= 4 is 17.9 Å². The Balaban J connectivity index is 4.95. The highest BCUT2D eigenvalue weighted by Crippen LogP contribution is 2.30. The highest BCUT2D eigenvalue weighted by Gasteiger charge is 2.58. The first-order valence-electron chi connectivity index (χ1n) is 5.91. The lowest BCUT2D eigenvalue weighted by atomic mass is 10.0. The lowest BCUT2D eigenvalue weighted by Crippen LogP contribution is -2.64. The largest absolute Gasteiger partial charge is 0.479 e. The Morgan fingerprint density at radius 1 is 1.29 bits per heavy atom. The van der Waals surface area contributed by atoms with E-state index >= 15 is 0 Å². The summed E-state index contributed by atoms with van der Waals surface area (Å²) >= 11 is 0. The van der Waals surface area contributed by atoms with E-state index < -0.39 is 35.5 Å². The number of carboxylic acids is 1. The normalized spacial score (nSPS) is 15.6. The van der Waals surface area contributed by atoms with Gasteiger partial charge in [0.05, 0.1) is 5.92 Å². The molecule has 7 nitrogen and oxygen atoms in total. The molecule has 10 heteroatoms. The summed E-state index contributed by atoms with van der Waals surface area (Å²) < 4.78 is 38.2. The number of carbonyl (C=O) groups is 3. The van der Waals surface area contributed by atoms with E-state index in [0.717, 1.165) is 11.9 Å². The molecule has 0 aliphatic rings. The highest BCUT2D eigenvalue weighted by atomic mass is 19.4. The van der Waals surface area contributed by atoms with Gasteiger partial charge in [-0.05, 0) is 6.92 Å². The molecule has 0 fully saturated rings. The lowest BCUT2D eigenvalue weighted by Gasteiger charge is -2.31. The number of nitrogens with one attached hydrogen (secondary N) is 2. The average molecular weight is 313 g/mol. The fourth-order valence-corrected chi connectivity index (χ4v) is 1.38. The summed E-state index contributed by atoms with van der Waals surface area (Å²) in [4.78, 5) is 34.6. The van der Waals surface area contributed by atoms with Gasteiger partial charge < -0.3 is 20.6 Å². The molecular formula is C11H18F3N3O4. The van der Waals surface area contributed by atoms with E-state index in [4.69, 9.17) is 5.11 Å². The van der Waals surface area contributed by atoms with Gasteiger partial charge in [0.25, 0.3) is 0 Å². The molecule has 3 N–H and O–H groups in total. The van der Waals surface area contributed by atoms with Crippen LogP contribution in [0.4, 0.5) is 18.0 Å². The molecule has 0 aromatic carbocycles. The van der Waals surface area contributed by atoms with Crippen LogP contribution in [0.3, 0.4) is 0 Å². The van der Waals surface area contributed by atoms with Crippen LogP contribution < -0.4 is 10.6 Å². The Hall–Kier alpha value is -2.00. The van der Waals surface area contributed by atoms with Crippen LogP contribution in [0.1, 0.15) is 13.8 Å². The zero-order valence-electron chi connectivity index (χ0n) is 12.0. The number of alkyl halides is 3. The molecule has 3 amide bonds. The Morgan fingerprint density at radius 3 is 2.10 bits per heavy atom. The number of hydrogen-bond acceptors (Lipinski definition) is 3. The van der Waals surface area contributed by atoms with Crippen LogP contribution in [-0.4, -0.2) is 60.3 Å². The fraction of sp³-hybridized carbons (Fsp3) is 0.727. The highest BCUT2D eigenvalue weighted by molar-refractivity contribution is 5.87. The summed E-state index contributed by atoms with van der Waals surface area (Å²) in [6.07, 6.45) is -5.16. The first kappa shape index (κ1) is 19.0. The van der Waals surface area contributed by atoms with Crippen LogP contribution in [0.15, 0.2) is 0 Å². The van der Waals surface area contributed by atoms with Crippen molar-refractivity contribution in [2.45, 2.75) is 25.6 Å². The minimum atomic E-state index is -5.16. The Bertz CT molecular complexity index is 427. The maximum atomic E-state index is 12.7. The van der Waals surface area contributed by atoms with E-state index in [0.29, 0.717) is 6.92 Å². The lowest BCUT2D eigenvalue weighted by molar-refractivity contribution is -0.203. The predicted octanol–water partition coefficient (Wildman–Crippen LogP) is 0.416. The van der Waals surface area contributed by atoms with Crippen LogP contribution in [0.5, 0.6) is 0 Å². The number of aliphatic carboxylic acids is 1. The second-order valence-corrected chi connectivity index (χ2v) is 4.75. The smallest absolute Gasteiger partial charge is 0.422 e. The van der Waals surface area contributed by atoms with E-state index in [-0.39, 0.29) is 6.54 Å². The first-order chi connectivity index (χ1) is 9.36. The van der Waals surface area contributed by atoms with Crippen molar-refractivity contribution in [2.75, 3.05) is 20.6 Å². The zero-order chi connectivity index (χ0) is 17.0. The molecule has 0 heterocycles. The minimum Gasteiger partial charge on any atom is -0.479 e. The molecule has 0 bridgehead atoms. The molecule has 122 valence electrons. The average Bonchev–Trinajstić information content (AvgIpc) is 2.35. The van der Waals surface area contributed by atoms with Crippen molar-refractivity contribution in [3.8, 4) is 0 Å². The van der Waals surface area contributed by atoms with Crippen LogP contribution in [-0.2, 0) is 9.59 Å². The monoisotopic (exact) mass is 313 g/mol. The summed E-state index contributed by atoms with van der Waals surface area (Å²) in [5.41, 5.74) is -3.41. The van der Waals surface area contributed by atoms with Gasteiger partial charge in [-0.2, -0.15) is 13.2 Å². The molecule has 0 saturated heterocycles. The Kier molecular flexibility index (Phi) is 6.00. The number of nitrogens with zero attached hydrogens (tertiary/aromatic N) is 1. The third-order valence-electron chi connectivity index (χ3n) is 2.94. The molecule has 0 aromatic heterocycles. The predicted molar refractivity (Wildman–Crippen MR) is 66.5 cm³/mol. The second kappa shape index (κ2) is 6.64. The van der Waals surface area contributed by atoms with Crippen molar-refractivity contribution in [3.63, 3.8) is 0 Å².